The summed E-state index contributed by atoms with van der Waals surface area (Å²) in [4.78, 5) is 14.3. The maximum Gasteiger partial charge on any atom is 0.227 e. The molecule has 1 amide bonds. The topological polar surface area (TPSA) is 32.3 Å². The Kier molecular flexibility index (Phi) is 5.18. The van der Waals surface area contributed by atoms with E-state index in [1.54, 1.807) is 0 Å². The van der Waals surface area contributed by atoms with Gasteiger partial charge in [0.25, 0.3) is 0 Å². The van der Waals surface area contributed by atoms with Crippen molar-refractivity contribution in [3.8, 4) is 0 Å². The molecule has 1 saturated heterocycles. The van der Waals surface area contributed by atoms with Gasteiger partial charge in [-0.15, -0.1) is 0 Å². The molecule has 2 rings (SSSR count). The summed E-state index contributed by atoms with van der Waals surface area (Å²) in [6.45, 7) is 9.19. The first-order chi connectivity index (χ1) is 9.56. The molecule has 1 aliphatic rings. The number of hydrogen-bond acceptors (Lipinski definition) is 2. The second-order valence-corrected chi connectivity index (χ2v) is 6.23. The van der Waals surface area contributed by atoms with Gasteiger partial charge in [0.15, 0.2) is 0 Å². The number of piperazine rings is 1. The molecule has 0 spiro atoms. The second kappa shape index (κ2) is 6.89. The molecule has 0 unspecified atom stereocenters. The van der Waals surface area contributed by atoms with Gasteiger partial charge in [-0.05, 0) is 30.4 Å². The summed E-state index contributed by atoms with van der Waals surface area (Å²) >= 11 is 0. The van der Waals surface area contributed by atoms with Crippen LogP contribution < -0.4 is 5.32 Å². The smallest absolute Gasteiger partial charge is 0.227 e. The van der Waals surface area contributed by atoms with Gasteiger partial charge in [-0.3, -0.25) is 4.79 Å². The molecule has 0 bridgehead atoms. The van der Waals surface area contributed by atoms with Crippen molar-refractivity contribution in [3.05, 3.63) is 35.4 Å². The fourth-order valence-electron chi connectivity index (χ4n) is 2.75. The molecule has 20 heavy (non-hydrogen) atoms. The molecule has 0 saturated carbocycles. The highest BCUT2D eigenvalue weighted by molar-refractivity contribution is 5.79. The van der Waals surface area contributed by atoms with Gasteiger partial charge in [-0.2, -0.15) is 0 Å². The summed E-state index contributed by atoms with van der Waals surface area (Å²) in [5.74, 6) is 0.916. The van der Waals surface area contributed by atoms with Crippen LogP contribution >= 0.6 is 0 Å². The molecule has 1 aromatic carbocycles. The molecule has 1 aromatic rings. The number of carbonyl (C=O) groups is 1. The lowest BCUT2D eigenvalue weighted by molar-refractivity contribution is -0.133. The SMILES string of the molecule is CC(C)Cc1ccc(CC(=O)N2CCNC[C@H]2C)cc1. The Hall–Kier alpha value is -1.35. The van der Waals surface area contributed by atoms with E-state index in [0.29, 0.717) is 18.4 Å². The van der Waals surface area contributed by atoms with Gasteiger partial charge in [0.2, 0.25) is 5.91 Å². The molecular weight excluding hydrogens is 248 g/mol. The van der Waals surface area contributed by atoms with E-state index in [1.807, 2.05) is 4.90 Å². The van der Waals surface area contributed by atoms with Crippen LogP contribution in [-0.2, 0) is 17.6 Å². The summed E-state index contributed by atoms with van der Waals surface area (Å²) in [6, 6.07) is 8.81. The van der Waals surface area contributed by atoms with Crippen LogP contribution in [0.1, 0.15) is 31.9 Å². The Morgan fingerprint density at radius 3 is 2.55 bits per heavy atom. The van der Waals surface area contributed by atoms with E-state index in [1.165, 1.54) is 5.56 Å². The van der Waals surface area contributed by atoms with Gasteiger partial charge < -0.3 is 10.2 Å². The third-order valence-corrected chi connectivity index (χ3v) is 3.84. The van der Waals surface area contributed by atoms with Gasteiger partial charge in [-0.1, -0.05) is 38.1 Å². The summed E-state index contributed by atoms with van der Waals surface area (Å²) in [7, 11) is 0. The molecule has 1 aliphatic heterocycles. The van der Waals surface area contributed by atoms with Crippen molar-refractivity contribution >= 4 is 5.91 Å². The predicted molar refractivity (Wildman–Crippen MR) is 82.7 cm³/mol. The number of benzene rings is 1. The maximum atomic E-state index is 12.3. The van der Waals surface area contributed by atoms with Crippen LogP contribution in [0, 0.1) is 5.92 Å². The lowest BCUT2D eigenvalue weighted by Gasteiger charge is -2.34. The first-order valence-electron chi connectivity index (χ1n) is 7.64. The molecule has 3 nitrogen and oxygen atoms in total. The average molecular weight is 274 g/mol. The van der Waals surface area contributed by atoms with Crippen molar-refractivity contribution < 1.29 is 4.79 Å². The minimum atomic E-state index is 0.246. The average Bonchev–Trinajstić information content (AvgIpc) is 2.41. The van der Waals surface area contributed by atoms with E-state index in [4.69, 9.17) is 0 Å². The summed E-state index contributed by atoms with van der Waals surface area (Å²) in [5, 5.41) is 3.31. The number of rotatable bonds is 4. The van der Waals surface area contributed by atoms with Crippen molar-refractivity contribution in [1.82, 2.24) is 10.2 Å². The normalized spacial score (nSPS) is 19.4. The molecule has 110 valence electrons. The minimum absolute atomic E-state index is 0.246. The molecule has 1 atom stereocenters. The Balaban J connectivity index is 1.93. The van der Waals surface area contributed by atoms with E-state index < -0.39 is 0 Å². The van der Waals surface area contributed by atoms with Crippen molar-refractivity contribution in [2.45, 2.75) is 39.7 Å². The van der Waals surface area contributed by atoms with Gasteiger partial charge in [0, 0.05) is 25.7 Å². The number of amides is 1. The Morgan fingerprint density at radius 1 is 1.30 bits per heavy atom. The highest BCUT2D eigenvalue weighted by Gasteiger charge is 2.22. The fraction of sp³-hybridized carbons (Fsp3) is 0.588. The van der Waals surface area contributed by atoms with E-state index in [9.17, 15) is 4.79 Å². The Bertz CT molecular complexity index is 439. The summed E-state index contributed by atoms with van der Waals surface area (Å²) in [6.07, 6.45) is 1.62. The molecular formula is C17H26N2O. The van der Waals surface area contributed by atoms with Crippen molar-refractivity contribution in [2.75, 3.05) is 19.6 Å². The highest BCUT2D eigenvalue weighted by Crippen LogP contribution is 2.12. The van der Waals surface area contributed by atoms with Crippen LogP contribution in [0.15, 0.2) is 24.3 Å². The predicted octanol–water partition coefficient (Wildman–Crippen LogP) is 2.25. The van der Waals surface area contributed by atoms with Crippen LogP contribution in [0.5, 0.6) is 0 Å². The van der Waals surface area contributed by atoms with Crippen LogP contribution in [0.25, 0.3) is 0 Å². The van der Waals surface area contributed by atoms with Crippen molar-refractivity contribution in [2.24, 2.45) is 5.92 Å². The van der Waals surface area contributed by atoms with E-state index >= 15 is 0 Å². The zero-order valence-corrected chi connectivity index (χ0v) is 12.9. The van der Waals surface area contributed by atoms with Gasteiger partial charge in [0.05, 0.1) is 6.42 Å². The van der Waals surface area contributed by atoms with E-state index in [2.05, 4.69) is 50.4 Å². The fourth-order valence-corrected chi connectivity index (χ4v) is 2.75. The lowest BCUT2D eigenvalue weighted by atomic mass is 10.0. The monoisotopic (exact) mass is 274 g/mol. The number of carbonyl (C=O) groups excluding carboxylic acids is 1. The molecule has 0 radical (unpaired) electrons. The van der Waals surface area contributed by atoms with Gasteiger partial charge in [0.1, 0.15) is 0 Å². The lowest BCUT2D eigenvalue weighted by Crippen LogP contribution is -2.52. The molecule has 1 N–H and O–H groups in total. The number of nitrogens with one attached hydrogen (secondary N) is 1. The Labute approximate surface area is 122 Å². The van der Waals surface area contributed by atoms with Crippen molar-refractivity contribution in [1.29, 1.82) is 0 Å². The first-order valence-corrected chi connectivity index (χ1v) is 7.64. The first kappa shape index (κ1) is 15.0. The third kappa shape index (κ3) is 4.07. The third-order valence-electron chi connectivity index (χ3n) is 3.84. The maximum absolute atomic E-state index is 12.3. The highest BCUT2D eigenvalue weighted by atomic mass is 16.2. The zero-order valence-electron chi connectivity index (χ0n) is 12.9. The van der Waals surface area contributed by atoms with E-state index in [-0.39, 0.29) is 5.91 Å². The number of hydrogen-bond donors (Lipinski definition) is 1. The summed E-state index contributed by atoms with van der Waals surface area (Å²) in [5.41, 5.74) is 2.47. The zero-order chi connectivity index (χ0) is 14.5. The van der Waals surface area contributed by atoms with Crippen LogP contribution in [0.2, 0.25) is 0 Å². The molecule has 3 heteroatoms. The standard InChI is InChI=1S/C17H26N2O/c1-13(2)10-15-4-6-16(7-5-15)11-17(20)19-9-8-18-12-14(19)3/h4-7,13-14,18H,8-12H2,1-3H3/t14-/m1/s1. The largest absolute Gasteiger partial charge is 0.337 e. The quantitative estimate of drug-likeness (QED) is 0.913. The second-order valence-electron chi connectivity index (χ2n) is 6.23. The van der Waals surface area contributed by atoms with Crippen molar-refractivity contribution in [3.63, 3.8) is 0 Å². The molecule has 1 fully saturated rings. The Morgan fingerprint density at radius 2 is 1.95 bits per heavy atom. The summed E-state index contributed by atoms with van der Waals surface area (Å²) < 4.78 is 0. The van der Waals surface area contributed by atoms with Crippen LogP contribution in [0.4, 0.5) is 0 Å². The van der Waals surface area contributed by atoms with E-state index in [0.717, 1.165) is 31.6 Å². The minimum Gasteiger partial charge on any atom is -0.337 e. The number of nitrogens with zero attached hydrogens (tertiary/aromatic N) is 1. The van der Waals surface area contributed by atoms with Gasteiger partial charge in [-0.25, -0.2) is 0 Å². The van der Waals surface area contributed by atoms with Crippen LogP contribution in [-0.4, -0.2) is 36.5 Å². The molecule has 0 aromatic heterocycles. The van der Waals surface area contributed by atoms with Gasteiger partial charge >= 0.3 is 0 Å². The molecule has 1 heterocycles. The van der Waals surface area contributed by atoms with Crippen LogP contribution in [0.3, 0.4) is 0 Å². The molecule has 0 aliphatic carbocycles.